The molecule has 0 aliphatic carbocycles. The normalized spacial score (nSPS) is 12.4. The third-order valence-corrected chi connectivity index (χ3v) is 2.91. The molecule has 3 heteroatoms. The van der Waals surface area contributed by atoms with Crippen LogP contribution in [0.2, 0.25) is 0 Å². The Bertz CT molecular complexity index is 299. The summed E-state index contributed by atoms with van der Waals surface area (Å²) in [5, 5.41) is 11.4. The third kappa shape index (κ3) is 4.60. The monoisotopic (exact) mass is 221 g/mol. The summed E-state index contributed by atoms with van der Waals surface area (Å²) in [5.74, 6) is 1.65. The summed E-state index contributed by atoms with van der Waals surface area (Å²) in [5.41, 5.74) is 1.15. The molecule has 1 unspecified atom stereocenters. The Morgan fingerprint density at radius 1 is 1.38 bits per heavy atom. The highest BCUT2D eigenvalue weighted by Crippen LogP contribution is 2.13. The number of nitrogens with one attached hydrogen (secondary N) is 1. The number of aromatic nitrogens is 2. The fourth-order valence-electron chi connectivity index (χ4n) is 1.74. The van der Waals surface area contributed by atoms with Gasteiger partial charge in [0.1, 0.15) is 5.82 Å². The Morgan fingerprint density at radius 2 is 2.19 bits per heavy atom. The van der Waals surface area contributed by atoms with Gasteiger partial charge in [0.05, 0.1) is 6.20 Å². The molecule has 0 aliphatic heterocycles. The van der Waals surface area contributed by atoms with Crippen LogP contribution >= 0.6 is 0 Å². The molecule has 0 spiro atoms. The van der Waals surface area contributed by atoms with E-state index in [4.69, 9.17) is 0 Å². The minimum atomic E-state index is 0.752. The fraction of sp³-hybridized carbons (Fsp3) is 0.692. The second kappa shape index (κ2) is 7.20. The Kier molecular flexibility index (Phi) is 5.83. The number of unbranched alkanes of at least 4 members (excludes halogenated alkanes) is 1. The average Bonchev–Trinajstić information content (AvgIpc) is 2.29. The molecular formula is C13H23N3. The molecule has 0 aliphatic rings. The summed E-state index contributed by atoms with van der Waals surface area (Å²) < 4.78 is 0. The molecule has 1 aromatic rings. The highest BCUT2D eigenvalue weighted by atomic mass is 15.2. The molecule has 1 atom stereocenters. The summed E-state index contributed by atoms with van der Waals surface area (Å²) in [7, 11) is 0. The highest BCUT2D eigenvalue weighted by molar-refractivity contribution is 5.34. The lowest BCUT2D eigenvalue weighted by atomic mass is 9.99. The number of hydrogen-bond donors (Lipinski definition) is 1. The van der Waals surface area contributed by atoms with Gasteiger partial charge in [0, 0.05) is 6.54 Å². The standard InChI is InChI=1S/C13H23N3/c1-4-6-7-12(5-2)10-14-13-8-11(3)9-15-16-13/h8-9,12H,4-7,10H2,1-3H3,(H,14,16). The lowest BCUT2D eigenvalue weighted by Gasteiger charge is -2.15. The highest BCUT2D eigenvalue weighted by Gasteiger charge is 2.05. The van der Waals surface area contributed by atoms with Crippen molar-refractivity contribution in [1.29, 1.82) is 0 Å². The SMILES string of the molecule is CCCCC(CC)CNc1cc(C)cnn1. The minimum absolute atomic E-state index is 0.752. The van der Waals surface area contributed by atoms with Gasteiger partial charge < -0.3 is 5.32 Å². The van der Waals surface area contributed by atoms with E-state index in [-0.39, 0.29) is 0 Å². The zero-order valence-corrected chi connectivity index (χ0v) is 10.7. The number of anilines is 1. The first-order valence-electron chi connectivity index (χ1n) is 6.29. The predicted molar refractivity (Wildman–Crippen MR) is 68.6 cm³/mol. The van der Waals surface area contributed by atoms with Gasteiger partial charge in [0.25, 0.3) is 0 Å². The van der Waals surface area contributed by atoms with Gasteiger partial charge in [0.15, 0.2) is 0 Å². The van der Waals surface area contributed by atoms with E-state index in [2.05, 4.69) is 29.4 Å². The van der Waals surface area contributed by atoms with Crippen LogP contribution < -0.4 is 5.32 Å². The molecule has 90 valence electrons. The van der Waals surface area contributed by atoms with Crippen LogP contribution in [0.25, 0.3) is 0 Å². The van der Waals surface area contributed by atoms with Crippen molar-refractivity contribution in [3.63, 3.8) is 0 Å². The van der Waals surface area contributed by atoms with Crippen LogP contribution in [0.3, 0.4) is 0 Å². The smallest absolute Gasteiger partial charge is 0.148 e. The van der Waals surface area contributed by atoms with Crippen molar-refractivity contribution in [2.45, 2.75) is 46.5 Å². The van der Waals surface area contributed by atoms with Crippen LogP contribution in [-0.4, -0.2) is 16.7 Å². The van der Waals surface area contributed by atoms with E-state index in [9.17, 15) is 0 Å². The van der Waals surface area contributed by atoms with Gasteiger partial charge in [-0.1, -0.05) is 33.1 Å². The van der Waals surface area contributed by atoms with Crippen molar-refractivity contribution in [1.82, 2.24) is 10.2 Å². The van der Waals surface area contributed by atoms with E-state index >= 15 is 0 Å². The van der Waals surface area contributed by atoms with Crippen LogP contribution in [0, 0.1) is 12.8 Å². The van der Waals surface area contributed by atoms with Crippen LogP contribution in [0.1, 0.15) is 45.1 Å². The lowest BCUT2D eigenvalue weighted by Crippen LogP contribution is -2.14. The van der Waals surface area contributed by atoms with Crippen LogP contribution in [0.5, 0.6) is 0 Å². The van der Waals surface area contributed by atoms with Crippen molar-refractivity contribution in [3.8, 4) is 0 Å². The van der Waals surface area contributed by atoms with Crippen LogP contribution in [0.4, 0.5) is 5.82 Å². The summed E-state index contributed by atoms with van der Waals surface area (Å²) in [6.07, 6.45) is 6.91. The van der Waals surface area contributed by atoms with Gasteiger partial charge in [-0.15, -0.1) is 5.10 Å². The van der Waals surface area contributed by atoms with Gasteiger partial charge in [0.2, 0.25) is 0 Å². The first kappa shape index (κ1) is 12.9. The predicted octanol–water partition coefficient (Wildman–Crippen LogP) is 3.41. The number of hydrogen-bond acceptors (Lipinski definition) is 3. The number of aryl methyl sites for hydroxylation is 1. The zero-order valence-electron chi connectivity index (χ0n) is 10.7. The van der Waals surface area contributed by atoms with Gasteiger partial charge in [-0.05, 0) is 30.9 Å². The maximum Gasteiger partial charge on any atom is 0.148 e. The third-order valence-electron chi connectivity index (χ3n) is 2.91. The fourth-order valence-corrected chi connectivity index (χ4v) is 1.74. The van der Waals surface area contributed by atoms with E-state index in [1.165, 1.54) is 25.7 Å². The summed E-state index contributed by atoms with van der Waals surface area (Å²) >= 11 is 0. The Balaban J connectivity index is 2.37. The van der Waals surface area contributed by atoms with Crippen LogP contribution in [-0.2, 0) is 0 Å². The van der Waals surface area contributed by atoms with Crippen molar-refractivity contribution in [2.24, 2.45) is 5.92 Å². The molecule has 1 heterocycles. The van der Waals surface area contributed by atoms with Crippen LogP contribution in [0.15, 0.2) is 12.3 Å². The second-order valence-electron chi connectivity index (χ2n) is 4.42. The largest absolute Gasteiger partial charge is 0.368 e. The summed E-state index contributed by atoms with van der Waals surface area (Å²) in [4.78, 5) is 0. The molecule has 3 nitrogen and oxygen atoms in total. The molecular weight excluding hydrogens is 198 g/mol. The summed E-state index contributed by atoms with van der Waals surface area (Å²) in [6.45, 7) is 7.54. The van der Waals surface area contributed by atoms with Gasteiger partial charge in [-0.25, -0.2) is 0 Å². The van der Waals surface area contributed by atoms with Crippen molar-refractivity contribution in [3.05, 3.63) is 17.8 Å². The number of rotatable bonds is 7. The van der Waals surface area contributed by atoms with Crippen molar-refractivity contribution >= 4 is 5.82 Å². The molecule has 0 bridgehead atoms. The average molecular weight is 221 g/mol. The number of nitrogens with zero attached hydrogens (tertiary/aromatic N) is 2. The van der Waals surface area contributed by atoms with Gasteiger partial charge in [-0.3, -0.25) is 0 Å². The summed E-state index contributed by atoms with van der Waals surface area (Å²) in [6, 6.07) is 2.04. The topological polar surface area (TPSA) is 37.8 Å². The van der Waals surface area contributed by atoms with Crippen molar-refractivity contribution in [2.75, 3.05) is 11.9 Å². The van der Waals surface area contributed by atoms with Gasteiger partial charge in [-0.2, -0.15) is 5.10 Å². The first-order valence-corrected chi connectivity index (χ1v) is 6.29. The maximum atomic E-state index is 4.06. The molecule has 1 aromatic heterocycles. The molecule has 16 heavy (non-hydrogen) atoms. The zero-order chi connectivity index (χ0) is 11.8. The molecule has 0 radical (unpaired) electrons. The molecule has 0 saturated heterocycles. The van der Waals surface area contributed by atoms with Gasteiger partial charge >= 0.3 is 0 Å². The van der Waals surface area contributed by atoms with E-state index < -0.39 is 0 Å². The van der Waals surface area contributed by atoms with E-state index in [0.717, 1.165) is 23.8 Å². The molecule has 0 aromatic carbocycles. The molecule has 0 saturated carbocycles. The Hall–Kier alpha value is -1.12. The Labute approximate surface area is 98.7 Å². The van der Waals surface area contributed by atoms with Crippen molar-refractivity contribution < 1.29 is 0 Å². The maximum absolute atomic E-state index is 4.06. The quantitative estimate of drug-likeness (QED) is 0.766. The molecule has 0 amide bonds. The molecule has 1 rings (SSSR count). The first-order chi connectivity index (χ1) is 7.76. The van der Waals surface area contributed by atoms with E-state index in [1.807, 2.05) is 13.0 Å². The molecule has 1 N–H and O–H groups in total. The van der Waals surface area contributed by atoms with E-state index in [1.54, 1.807) is 6.20 Å². The van der Waals surface area contributed by atoms with E-state index in [0.29, 0.717) is 0 Å². The Morgan fingerprint density at radius 3 is 2.81 bits per heavy atom. The minimum Gasteiger partial charge on any atom is -0.368 e. The molecule has 0 fully saturated rings. The lowest BCUT2D eigenvalue weighted by molar-refractivity contribution is 0.472. The second-order valence-corrected chi connectivity index (χ2v) is 4.42.